The molecule has 0 aromatic carbocycles. The van der Waals surface area contributed by atoms with Crippen LogP contribution in [0.15, 0.2) is 11.6 Å². The van der Waals surface area contributed by atoms with Gasteiger partial charge in [0.05, 0.1) is 0 Å². The summed E-state index contributed by atoms with van der Waals surface area (Å²) in [6.45, 7) is 6.87. The van der Waals surface area contributed by atoms with Crippen LogP contribution < -0.4 is 5.73 Å². The summed E-state index contributed by atoms with van der Waals surface area (Å²) >= 11 is 0. The van der Waals surface area contributed by atoms with Crippen molar-refractivity contribution in [3.8, 4) is 0 Å². The first kappa shape index (κ1) is 10.8. The Morgan fingerprint density at radius 1 is 1.31 bits per heavy atom. The monoisotopic (exact) mass is 181 g/mol. The SMILES string of the molecule is CC(C)(C)CC=C1CCC(N)CC1. The maximum absolute atomic E-state index is 5.85. The second-order valence-electron chi connectivity index (χ2n) is 5.46. The molecule has 0 heterocycles. The van der Waals surface area contributed by atoms with Crippen molar-refractivity contribution in [1.82, 2.24) is 0 Å². The first-order valence-corrected chi connectivity index (χ1v) is 5.41. The van der Waals surface area contributed by atoms with Crippen LogP contribution in [0.1, 0.15) is 52.9 Å². The van der Waals surface area contributed by atoms with Gasteiger partial charge in [0, 0.05) is 6.04 Å². The van der Waals surface area contributed by atoms with Crippen LogP contribution in [0.5, 0.6) is 0 Å². The van der Waals surface area contributed by atoms with E-state index in [0.29, 0.717) is 11.5 Å². The van der Waals surface area contributed by atoms with E-state index in [2.05, 4.69) is 26.8 Å². The highest BCUT2D eigenvalue weighted by Crippen LogP contribution is 2.26. The van der Waals surface area contributed by atoms with Crippen molar-refractivity contribution < 1.29 is 0 Å². The molecule has 0 atom stereocenters. The summed E-state index contributed by atoms with van der Waals surface area (Å²) in [6, 6.07) is 0.465. The van der Waals surface area contributed by atoms with Gasteiger partial charge in [0.15, 0.2) is 0 Å². The van der Waals surface area contributed by atoms with E-state index in [1.165, 1.54) is 32.1 Å². The maximum atomic E-state index is 5.85. The fourth-order valence-corrected chi connectivity index (χ4v) is 1.67. The normalized spacial score (nSPS) is 24.6. The van der Waals surface area contributed by atoms with E-state index in [-0.39, 0.29) is 0 Å². The van der Waals surface area contributed by atoms with Crippen LogP contribution in [0.3, 0.4) is 0 Å². The molecule has 0 unspecified atom stereocenters. The second-order valence-corrected chi connectivity index (χ2v) is 5.46. The molecular formula is C12H23N. The number of rotatable bonds is 1. The summed E-state index contributed by atoms with van der Waals surface area (Å²) in [5.41, 5.74) is 7.92. The van der Waals surface area contributed by atoms with Gasteiger partial charge in [-0.05, 0) is 37.5 Å². The van der Waals surface area contributed by atoms with E-state index in [4.69, 9.17) is 5.73 Å². The number of allylic oxidation sites excluding steroid dienone is 2. The molecule has 13 heavy (non-hydrogen) atoms. The molecular weight excluding hydrogens is 158 g/mol. The molecule has 1 aliphatic carbocycles. The van der Waals surface area contributed by atoms with E-state index in [1.807, 2.05) is 0 Å². The molecule has 1 saturated carbocycles. The molecule has 1 nitrogen and oxygen atoms in total. The zero-order valence-corrected chi connectivity index (χ0v) is 9.27. The van der Waals surface area contributed by atoms with E-state index in [0.717, 1.165) is 0 Å². The summed E-state index contributed by atoms with van der Waals surface area (Å²) < 4.78 is 0. The molecule has 1 fully saturated rings. The number of hydrogen-bond acceptors (Lipinski definition) is 1. The third kappa shape index (κ3) is 4.47. The third-order valence-electron chi connectivity index (χ3n) is 2.68. The second kappa shape index (κ2) is 4.28. The summed E-state index contributed by atoms with van der Waals surface area (Å²) in [4.78, 5) is 0. The van der Waals surface area contributed by atoms with Crippen LogP contribution in [0.4, 0.5) is 0 Å². The van der Waals surface area contributed by atoms with Crippen LogP contribution in [0, 0.1) is 5.41 Å². The quantitative estimate of drug-likeness (QED) is 0.617. The first-order chi connectivity index (χ1) is 5.97. The highest BCUT2D eigenvalue weighted by Gasteiger charge is 2.13. The molecule has 76 valence electrons. The van der Waals surface area contributed by atoms with Gasteiger partial charge in [-0.3, -0.25) is 0 Å². The topological polar surface area (TPSA) is 26.0 Å². The molecule has 0 amide bonds. The molecule has 1 heteroatoms. The van der Waals surface area contributed by atoms with E-state index >= 15 is 0 Å². The van der Waals surface area contributed by atoms with Gasteiger partial charge in [0.1, 0.15) is 0 Å². The van der Waals surface area contributed by atoms with Gasteiger partial charge in [0.2, 0.25) is 0 Å². The lowest BCUT2D eigenvalue weighted by atomic mass is 9.86. The lowest BCUT2D eigenvalue weighted by Gasteiger charge is -2.22. The standard InChI is InChI=1S/C12H23N/c1-12(2,3)9-8-10-4-6-11(13)7-5-10/h8,11H,4-7,9,13H2,1-3H3. The summed E-state index contributed by atoms with van der Waals surface area (Å²) in [5, 5.41) is 0. The predicted octanol–water partition coefficient (Wildman–Crippen LogP) is 3.25. The lowest BCUT2D eigenvalue weighted by molar-refractivity contribution is 0.416. The van der Waals surface area contributed by atoms with Gasteiger partial charge >= 0.3 is 0 Å². The van der Waals surface area contributed by atoms with E-state index in [1.54, 1.807) is 5.57 Å². The zero-order chi connectivity index (χ0) is 9.90. The minimum atomic E-state index is 0.437. The van der Waals surface area contributed by atoms with Crippen LogP contribution in [0.2, 0.25) is 0 Å². The van der Waals surface area contributed by atoms with Crippen LogP contribution >= 0.6 is 0 Å². The van der Waals surface area contributed by atoms with Gasteiger partial charge in [-0.25, -0.2) is 0 Å². The number of hydrogen-bond donors (Lipinski definition) is 1. The Morgan fingerprint density at radius 3 is 2.31 bits per heavy atom. The summed E-state index contributed by atoms with van der Waals surface area (Å²) in [5.74, 6) is 0. The fourth-order valence-electron chi connectivity index (χ4n) is 1.67. The Hall–Kier alpha value is -0.300. The fraction of sp³-hybridized carbons (Fsp3) is 0.833. The minimum Gasteiger partial charge on any atom is -0.328 e. The average Bonchev–Trinajstić information content (AvgIpc) is 2.02. The molecule has 0 radical (unpaired) electrons. The van der Waals surface area contributed by atoms with Gasteiger partial charge in [-0.2, -0.15) is 0 Å². The van der Waals surface area contributed by atoms with Crippen molar-refractivity contribution in [3.05, 3.63) is 11.6 Å². The molecule has 0 saturated heterocycles. The van der Waals surface area contributed by atoms with Crippen LogP contribution in [-0.2, 0) is 0 Å². The van der Waals surface area contributed by atoms with Crippen molar-refractivity contribution >= 4 is 0 Å². The first-order valence-electron chi connectivity index (χ1n) is 5.41. The van der Waals surface area contributed by atoms with Gasteiger partial charge in [-0.15, -0.1) is 0 Å². The Labute approximate surface area is 82.4 Å². The average molecular weight is 181 g/mol. The molecule has 1 rings (SSSR count). The molecule has 0 aliphatic heterocycles. The van der Waals surface area contributed by atoms with Crippen LogP contribution in [0.25, 0.3) is 0 Å². The largest absolute Gasteiger partial charge is 0.328 e. The molecule has 0 aromatic heterocycles. The van der Waals surface area contributed by atoms with E-state index < -0.39 is 0 Å². The molecule has 0 aromatic rings. The summed E-state index contributed by atoms with van der Waals surface area (Å²) in [7, 11) is 0. The van der Waals surface area contributed by atoms with Gasteiger partial charge in [-0.1, -0.05) is 32.4 Å². The van der Waals surface area contributed by atoms with Crippen molar-refractivity contribution in [2.24, 2.45) is 11.1 Å². The molecule has 0 bridgehead atoms. The van der Waals surface area contributed by atoms with Crippen molar-refractivity contribution in [3.63, 3.8) is 0 Å². The number of nitrogens with two attached hydrogens (primary N) is 1. The molecule has 1 aliphatic rings. The van der Waals surface area contributed by atoms with Crippen LogP contribution in [-0.4, -0.2) is 6.04 Å². The van der Waals surface area contributed by atoms with Gasteiger partial charge < -0.3 is 5.73 Å². The third-order valence-corrected chi connectivity index (χ3v) is 2.68. The van der Waals surface area contributed by atoms with Crippen molar-refractivity contribution in [2.75, 3.05) is 0 Å². The summed E-state index contributed by atoms with van der Waals surface area (Å²) in [6.07, 6.45) is 8.49. The highest BCUT2D eigenvalue weighted by atomic mass is 14.6. The van der Waals surface area contributed by atoms with E-state index in [9.17, 15) is 0 Å². The lowest BCUT2D eigenvalue weighted by Crippen LogP contribution is -2.23. The Balaban J connectivity index is 2.36. The minimum absolute atomic E-state index is 0.437. The van der Waals surface area contributed by atoms with Gasteiger partial charge in [0.25, 0.3) is 0 Å². The Morgan fingerprint density at radius 2 is 1.85 bits per heavy atom. The molecule has 2 N–H and O–H groups in total. The predicted molar refractivity (Wildman–Crippen MR) is 58.6 cm³/mol. The van der Waals surface area contributed by atoms with Crippen molar-refractivity contribution in [1.29, 1.82) is 0 Å². The maximum Gasteiger partial charge on any atom is 0.00449 e. The smallest absolute Gasteiger partial charge is 0.00449 e. The highest BCUT2D eigenvalue weighted by molar-refractivity contribution is 5.06. The molecule has 0 spiro atoms. The van der Waals surface area contributed by atoms with Crippen molar-refractivity contribution in [2.45, 2.75) is 58.9 Å². The Kier molecular flexibility index (Phi) is 3.55. The Bertz CT molecular complexity index is 176. The zero-order valence-electron chi connectivity index (χ0n) is 9.27.